The molecule has 0 aliphatic carbocycles. The molecule has 18 heavy (non-hydrogen) atoms. The van der Waals surface area contributed by atoms with E-state index in [-0.39, 0.29) is 12.4 Å². The fourth-order valence-electron chi connectivity index (χ4n) is 1.61. The zero-order chi connectivity index (χ0) is 12.7. The SMILES string of the molecule is Cl.O=C1C(=O)C(C(=O)O)N(F)c2cccc(F)c21. The number of carbonyl (C=O) groups is 3. The van der Waals surface area contributed by atoms with Crippen molar-refractivity contribution in [2.75, 3.05) is 5.12 Å². The lowest BCUT2D eigenvalue weighted by Crippen LogP contribution is -2.50. The lowest BCUT2D eigenvalue weighted by atomic mass is 9.95. The maximum absolute atomic E-state index is 13.6. The standard InChI is InChI=1S/C10H5F2NO4.ClH/c11-4-2-1-3-5-6(4)8(14)9(15)7(10(16)17)13(5)12;/h1-3,7H,(H,16,17);1H. The van der Waals surface area contributed by atoms with Crippen molar-refractivity contribution >= 4 is 35.6 Å². The van der Waals surface area contributed by atoms with E-state index in [9.17, 15) is 23.3 Å². The molecule has 0 saturated heterocycles. The van der Waals surface area contributed by atoms with E-state index in [1.165, 1.54) is 0 Å². The summed E-state index contributed by atoms with van der Waals surface area (Å²) >= 11 is 0. The molecule has 1 unspecified atom stereocenters. The maximum Gasteiger partial charge on any atom is 0.337 e. The number of halogens is 3. The van der Waals surface area contributed by atoms with Gasteiger partial charge >= 0.3 is 5.97 Å². The number of nitrogens with zero attached hydrogens (tertiary/aromatic N) is 1. The highest BCUT2D eigenvalue weighted by atomic mass is 35.5. The van der Waals surface area contributed by atoms with E-state index in [4.69, 9.17) is 5.11 Å². The summed E-state index contributed by atoms with van der Waals surface area (Å²) in [5, 5.41) is 8.23. The van der Waals surface area contributed by atoms with Crippen LogP contribution in [0, 0.1) is 5.82 Å². The van der Waals surface area contributed by atoms with Crippen LogP contribution in [-0.4, -0.2) is 28.7 Å². The van der Waals surface area contributed by atoms with Gasteiger partial charge in [0.2, 0.25) is 17.6 Å². The number of carboxylic acids is 1. The van der Waals surface area contributed by atoms with Crippen LogP contribution < -0.4 is 5.12 Å². The van der Waals surface area contributed by atoms with Gasteiger partial charge < -0.3 is 5.11 Å². The first-order valence-electron chi connectivity index (χ1n) is 4.50. The molecule has 0 fully saturated rings. The Hall–Kier alpha value is -2.02. The molecule has 8 heteroatoms. The predicted octanol–water partition coefficient (Wildman–Crippen LogP) is 1.16. The van der Waals surface area contributed by atoms with Crippen molar-refractivity contribution in [3.8, 4) is 0 Å². The van der Waals surface area contributed by atoms with Crippen LogP contribution in [0.2, 0.25) is 0 Å². The first-order chi connectivity index (χ1) is 7.95. The maximum atomic E-state index is 13.6. The van der Waals surface area contributed by atoms with Crippen molar-refractivity contribution in [3.05, 3.63) is 29.6 Å². The van der Waals surface area contributed by atoms with E-state index in [0.29, 0.717) is 0 Å². The Kier molecular flexibility index (Phi) is 3.66. The van der Waals surface area contributed by atoms with E-state index in [2.05, 4.69) is 0 Å². The quantitative estimate of drug-likeness (QED) is 0.474. The van der Waals surface area contributed by atoms with Crippen molar-refractivity contribution in [2.24, 2.45) is 0 Å². The molecule has 1 atom stereocenters. The fourth-order valence-corrected chi connectivity index (χ4v) is 1.61. The second kappa shape index (κ2) is 4.69. The van der Waals surface area contributed by atoms with Gasteiger partial charge in [0.1, 0.15) is 5.82 Å². The number of benzene rings is 1. The minimum atomic E-state index is -2.25. The molecule has 1 aromatic rings. The molecule has 2 rings (SSSR count). The van der Waals surface area contributed by atoms with E-state index in [1.807, 2.05) is 0 Å². The highest BCUT2D eigenvalue weighted by molar-refractivity contribution is 6.51. The molecule has 0 spiro atoms. The Morgan fingerprint density at radius 3 is 2.50 bits per heavy atom. The van der Waals surface area contributed by atoms with Crippen LogP contribution in [-0.2, 0) is 9.59 Å². The lowest BCUT2D eigenvalue weighted by molar-refractivity contribution is -0.142. The van der Waals surface area contributed by atoms with Crippen molar-refractivity contribution in [3.63, 3.8) is 0 Å². The zero-order valence-corrected chi connectivity index (χ0v) is 9.41. The average molecular weight is 278 g/mol. The van der Waals surface area contributed by atoms with E-state index in [0.717, 1.165) is 18.2 Å². The van der Waals surface area contributed by atoms with Gasteiger partial charge in [0.15, 0.2) is 0 Å². The highest BCUT2D eigenvalue weighted by Gasteiger charge is 2.45. The highest BCUT2D eigenvalue weighted by Crippen LogP contribution is 2.31. The van der Waals surface area contributed by atoms with Crippen molar-refractivity contribution in [1.82, 2.24) is 0 Å². The van der Waals surface area contributed by atoms with Gasteiger partial charge in [-0.2, -0.15) is 5.12 Å². The Morgan fingerprint density at radius 1 is 1.33 bits per heavy atom. The van der Waals surface area contributed by atoms with Gasteiger partial charge in [0.25, 0.3) is 0 Å². The summed E-state index contributed by atoms with van der Waals surface area (Å²) in [6, 6.07) is 0.775. The summed E-state index contributed by atoms with van der Waals surface area (Å²) < 4.78 is 26.9. The number of hydrogen-bond donors (Lipinski definition) is 1. The summed E-state index contributed by atoms with van der Waals surface area (Å²) in [5.74, 6) is -5.70. The van der Waals surface area contributed by atoms with Crippen LogP contribution >= 0.6 is 12.4 Å². The topological polar surface area (TPSA) is 74.7 Å². The third kappa shape index (κ3) is 1.82. The van der Waals surface area contributed by atoms with Gasteiger partial charge in [-0.25, -0.2) is 9.18 Å². The number of carbonyl (C=O) groups excluding carboxylic acids is 2. The van der Waals surface area contributed by atoms with Crippen molar-refractivity contribution in [1.29, 1.82) is 0 Å². The second-order valence-electron chi connectivity index (χ2n) is 3.38. The normalized spacial score (nSPS) is 18.1. The van der Waals surface area contributed by atoms with Crippen LogP contribution in [0.15, 0.2) is 18.2 Å². The lowest BCUT2D eigenvalue weighted by Gasteiger charge is -2.26. The number of aliphatic carboxylic acids is 1. The summed E-state index contributed by atoms with van der Waals surface area (Å²) in [4.78, 5) is 33.4. The third-order valence-electron chi connectivity index (χ3n) is 2.38. The van der Waals surface area contributed by atoms with Crippen LogP contribution in [0.3, 0.4) is 0 Å². The van der Waals surface area contributed by atoms with Crippen LogP contribution in [0.1, 0.15) is 10.4 Å². The van der Waals surface area contributed by atoms with Gasteiger partial charge in [-0.3, -0.25) is 9.59 Å². The largest absolute Gasteiger partial charge is 0.479 e. The number of hydrogen-bond acceptors (Lipinski definition) is 4. The summed E-state index contributed by atoms with van der Waals surface area (Å²) in [6.07, 6.45) is 0. The molecular weight excluding hydrogens is 272 g/mol. The molecule has 0 radical (unpaired) electrons. The Labute approximate surface area is 105 Å². The van der Waals surface area contributed by atoms with Gasteiger partial charge in [-0.05, 0) is 12.1 Å². The summed E-state index contributed by atoms with van der Waals surface area (Å²) in [5.41, 5.74) is -1.29. The van der Waals surface area contributed by atoms with Gasteiger partial charge in [-0.15, -0.1) is 12.4 Å². The Balaban J connectivity index is 0.00000162. The van der Waals surface area contributed by atoms with Crippen molar-refractivity contribution in [2.45, 2.75) is 6.04 Å². The Bertz CT molecular complexity index is 549. The van der Waals surface area contributed by atoms with Gasteiger partial charge in [0, 0.05) is 0 Å². The third-order valence-corrected chi connectivity index (χ3v) is 2.38. The van der Waals surface area contributed by atoms with Crippen LogP contribution in [0.4, 0.5) is 14.6 Å². The molecule has 0 bridgehead atoms. The molecule has 0 amide bonds. The Morgan fingerprint density at radius 2 is 1.94 bits per heavy atom. The average Bonchev–Trinajstić information content (AvgIpc) is 2.25. The number of anilines is 1. The van der Waals surface area contributed by atoms with Gasteiger partial charge in [-0.1, -0.05) is 10.5 Å². The first-order valence-corrected chi connectivity index (χ1v) is 4.50. The molecular formula is C10H6ClF2NO4. The molecule has 96 valence electrons. The number of fused-ring (bicyclic) bond motifs is 1. The molecule has 1 N–H and O–H groups in total. The van der Waals surface area contributed by atoms with E-state index in [1.54, 1.807) is 0 Å². The molecule has 1 aromatic carbocycles. The minimum Gasteiger partial charge on any atom is -0.479 e. The van der Waals surface area contributed by atoms with E-state index < -0.39 is 45.8 Å². The molecule has 5 nitrogen and oxygen atoms in total. The smallest absolute Gasteiger partial charge is 0.337 e. The van der Waals surface area contributed by atoms with Crippen molar-refractivity contribution < 1.29 is 28.4 Å². The minimum absolute atomic E-state index is 0. The molecule has 1 aliphatic heterocycles. The number of Topliss-reactive ketones (excluding diaryl/α,β-unsaturated/α-hetero) is 2. The molecule has 0 saturated carbocycles. The van der Waals surface area contributed by atoms with Crippen LogP contribution in [0.25, 0.3) is 0 Å². The molecule has 1 heterocycles. The molecule has 0 aromatic heterocycles. The monoisotopic (exact) mass is 277 g/mol. The second-order valence-corrected chi connectivity index (χ2v) is 3.38. The number of rotatable bonds is 1. The molecule has 1 aliphatic rings. The zero-order valence-electron chi connectivity index (χ0n) is 8.59. The summed E-state index contributed by atoms with van der Waals surface area (Å²) in [6.45, 7) is 0. The summed E-state index contributed by atoms with van der Waals surface area (Å²) in [7, 11) is 0. The van der Waals surface area contributed by atoms with E-state index >= 15 is 0 Å². The van der Waals surface area contributed by atoms with Crippen LogP contribution in [0.5, 0.6) is 0 Å². The first kappa shape index (κ1) is 14.0. The van der Waals surface area contributed by atoms with Gasteiger partial charge in [0.05, 0.1) is 11.3 Å². The predicted molar refractivity (Wildman–Crippen MR) is 58.0 cm³/mol. The fraction of sp³-hybridized carbons (Fsp3) is 0.100. The number of ketones is 2. The number of carboxylic acid groups (broad SMARTS) is 1.